The van der Waals surface area contributed by atoms with Crippen LogP contribution in [0.15, 0.2) is 9.89 Å². The third-order valence-corrected chi connectivity index (χ3v) is 3.37. The van der Waals surface area contributed by atoms with Gasteiger partial charge in [-0.15, -0.1) is 9.81 Å². The first-order chi connectivity index (χ1) is 5.89. The van der Waals surface area contributed by atoms with Gasteiger partial charge in [-0.05, 0) is 6.92 Å². The molecule has 11 heteroatoms. The molecular formula is C2H6N2O7P2. The Balaban J connectivity index is 4.63. The van der Waals surface area contributed by atoms with Crippen molar-refractivity contribution in [3.05, 3.63) is 9.81 Å². The van der Waals surface area contributed by atoms with E-state index in [1.165, 1.54) is 6.92 Å². The molecule has 0 bridgehead atoms. The summed E-state index contributed by atoms with van der Waals surface area (Å²) in [7, 11) is -9.53. The van der Waals surface area contributed by atoms with E-state index >= 15 is 0 Å². The standard InChI is InChI=1S/C2H6N2O7P2/c1-2-10-13(9,4-6)11-12(7,8)3-5/h2H2,1H3,(H,7,8). The monoisotopic (exact) mass is 232 g/mol. The second kappa shape index (κ2) is 4.69. The summed E-state index contributed by atoms with van der Waals surface area (Å²) in [6.45, 7) is 1.11. The van der Waals surface area contributed by atoms with Crippen molar-refractivity contribution in [2.75, 3.05) is 6.61 Å². The summed E-state index contributed by atoms with van der Waals surface area (Å²) in [6, 6.07) is 0. The molecule has 2 unspecified atom stereocenters. The minimum Gasteiger partial charge on any atom is -0.304 e. The molecule has 0 aliphatic rings. The van der Waals surface area contributed by atoms with Gasteiger partial charge in [-0.25, -0.2) is 9.13 Å². The molecule has 2 atom stereocenters. The zero-order valence-corrected chi connectivity index (χ0v) is 8.18. The average molecular weight is 232 g/mol. The number of hydrogen-bond donors (Lipinski definition) is 1. The van der Waals surface area contributed by atoms with Crippen LogP contribution < -0.4 is 0 Å². The minimum absolute atomic E-state index is 0.234. The molecule has 13 heavy (non-hydrogen) atoms. The van der Waals surface area contributed by atoms with Gasteiger partial charge in [0.1, 0.15) is 0 Å². The minimum atomic E-state index is -4.95. The molecule has 0 rings (SSSR count). The van der Waals surface area contributed by atoms with Crippen molar-refractivity contribution in [2.24, 2.45) is 9.89 Å². The Kier molecular flexibility index (Phi) is 4.52. The van der Waals surface area contributed by atoms with Gasteiger partial charge in [0, 0.05) is 9.89 Å². The van der Waals surface area contributed by atoms with Gasteiger partial charge in [0.2, 0.25) is 0 Å². The Hall–Kier alpha value is -0.460. The molecule has 0 heterocycles. The van der Waals surface area contributed by atoms with Gasteiger partial charge in [0.15, 0.2) is 0 Å². The number of rotatable bonds is 6. The molecule has 0 spiro atoms. The highest BCUT2D eigenvalue weighted by Gasteiger charge is 2.37. The Morgan fingerprint density at radius 1 is 1.31 bits per heavy atom. The van der Waals surface area contributed by atoms with Crippen molar-refractivity contribution in [2.45, 2.75) is 6.92 Å². The van der Waals surface area contributed by atoms with E-state index in [0.717, 1.165) is 0 Å². The van der Waals surface area contributed by atoms with Crippen LogP contribution in [0.3, 0.4) is 0 Å². The summed E-state index contributed by atoms with van der Waals surface area (Å²) in [5.74, 6) is 0. The molecule has 0 aromatic carbocycles. The lowest BCUT2D eigenvalue weighted by Crippen LogP contribution is -1.90. The summed E-state index contributed by atoms with van der Waals surface area (Å²) < 4.78 is 29.1. The maximum Gasteiger partial charge on any atom is 0.498 e. The van der Waals surface area contributed by atoms with E-state index < -0.39 is 15.5 Å². The van der Waals surface area contributed by atoms with Gasteiger partial charge < -0.3 is 4.89 Å². The highest BCUT2D eigenvalue weighted by molar-refractivity contribution is 7.65. The number of nitroso groups, excluding NO2 is 2. The Labute approximate surface area is 72.6 Å². The highest BCUT2D eigenvalue weighted by atomic mass is 31.3. The fraction of sp³-hybridized carbons (Fsp3) is 1.00. The molecule has 1 N–H and O–H groups in total. The van der Waals surface area contributed by atoms with Crippen LogP contribution in [0.25, 0.3) is 0 Å². The van der Waals surface area contributed by atoms with E-state index in [9.17, 15) is 18.9 Å². The molecule has 0 saturated heterocycles. The smallest absolute Gasteiger partial charge is 0.304 e. The van der Waals surface area contributed by atoms with Crippen molar-refractivity contribution < 1.29 is 22.9 Å². The molecule has 0 amide bonds. The second-order valence-electron chi connectivity index (χ2n) is 1.62. The topological polar surface area (TPSA) is 132 Å². The zero-order valence-electron chi connectivity index (χ0n) is 6.39. The normalized spacial score (nSPS) is 19.8. The Bertz CT molecular complexity index is 288. The fourth-order valence-electron chi connectivity index (χ4n) is 0.375. The summed E-state index contributed by atoms with van der Waals surface area (Å²) in [5, 5.41) is 0. The summed E-state index contributed by atoms with van der Waals surface area (Å²) in [5.41, 5.74) is 0. The van der Waals surface area contributed by atoms with Crippen LogP contribution in [0.4, 0.5) is 0 Å². The predicted octanol–water partition coefficient (Wildman–Crippen LogP) is 1.78. The van der Waals surface area contributed by atoms with Crippen molar-refractivity contribution in [3.8, 4) is 0 Å². The molecule has 76 valence electrons. The molecule has 0 fully saturated rings. The van der Waals surface area contributed by atoms with Gasteiger partial charge in [0.25, 0.3) is 0 Å². The summed E-state index contributed by atoms with van der Waals surface area (Å²) >= 11 is 0. The Morgan fingerprint density at radius 3 is 2.15 bits per heavy atom. The van der Waals surface area contributed by atoms with Crippen LogP contribution in [0, 0.1) is 9.81 Å². The van der Waals surface area contributed by atoms with Gasteiger partial charge in [-0.3, -0.25) is 4.52 Å². The van der Waals surface area contributed by atoms with Crippen LogP contribution in [0.5, 0.6) is 0 Å². The van der Waals surface area contributed by atoms with Gasteiger partial charge in [-0.1, -0.05) is 0 Å². The first-order valence-corrected chi connectivity index (χ1v) is 5.90. The van der Waals surface area contributed by atoms with E-state index in [1.807, 2.05) is 4.95 Å². The maximum absolute atomic E-state index is 10.9. The lowest BCUT2D eigenvalue weighted by Gasteiger charge is -2.08. The first-order valence-electron chi connectivity index (χ1n) is 2.87. The van der Waals surface area contributed by atoms with Crippen LogP contribution in [-0.4, -0.2) is 11.5 Å². The third-order valence-electron chi connectivity index (χ3n) is 0.705. The van der Waals surface area contributed by atoms with E-state index in [-0.39, 0.29) is 6.61 Å². The zero-order chi connectivity index (χ0) is 10.5. The molecule has 9 nitrogen and oxygen atoms in total. The van der Waals surface area contributed by atoms with Gasteiger partial charge in [-0.2, -0.15) is 4.31 Å². The predicted molar refractivity (Wildman–Crippen MR) is 41.7 cm³/mol. The molecular weight excluding hydrogens is 226 g/mol. The molecule has 0 saturated carbocycles. The largest absolute Gasteiger partial charge is 0.498 e. The highest BCUT2D eigenvalue weighted by Crippen LogP contribution is 2.63. The van der Waals surface area contributed by atoms with E-state index in [1.54, 1.807) is 4.95 Å². The molecule has 0 radical (unpaired) electrons. The first kappa shape index (κ1) is 12.5. The van der Waals surface area contributed by atoms with Crippen molar-refractivity contribution >= 4 is 15.5 Å². The van der Waals surface area contributed by atoms with Crippen molar-refractivity contribution in [1.29, 1.82) is 0 Å². The maximum atomic E-state index is 10.9. The van der Waals surface area contributed by atoms with Gasteiger partial charge in [0.05, 0.1) is 6.61 Å². The third kappa shape index (κ3) is 4.35. The van der Waals surface area contributed by atoms with Crippen LogP contribution in [0.2, 0.25) is 0 Å². The van der Waals surface area contributed by atoms with E-state index in [0.29, 0.717) is 0 Å². The van der Waals surface area contributed by atoms with E-state index in [4.69, 9.17) is 4.89 Å². The molecule has 0 aromatic heterocycles. The lowest BCUT2D eigenvalue weighted by atomic mass is 10.9. The summed E-state index contributed by atoms with van der Waals surface area (Å²) in [6.07, 6.45) is 0. The van der Waals surface area contributed by atoms with Crippen LogP contribution in [0.1, 0.15) is 6.92 Å². The number of hydrogen-bond acceptors (Lipinski definition) is 6. The van der Waals surface area contributed by atoms with Gasteiger partial charge >= 0.3 is 15.5 Å². The molecule has 0 aliphatic carbocycles. The van der Waals surface area contributed by atoms with Crippen molar-refractivity contribution in [3.63, 3.8) is 0 Å². The molecule has 0 aromatic rings. The second-order valence-corrected chi connectivity index (χ2v) is 4.78. The average Bonchev–Trinajstić information content (AvgIpc) is 2.04. The Morgan fingerprint density at radius 2 is 1.85 bits per heavy atom. The quantitative estimate of drug-likeness (QED) is 0.544. The SMILES string of the molecule is CCOP(=O)(N=O)OP(=O)(O)N=O. The van der Waals surface area contributed by atoms with Crippen molar-refractivity contribution in [1.82, 2.24) is 0 Å². The summed E-state index contributed by atoms with van der Waals surface area (Å²) in [4.78, 5) is 31.4. The van der Waals surface area contributed by atoms with Crippen LogP contribution in [-0.2, 0) is 18.0 Å². The number of nitrogens with zero attached hydrogens (tertiary/aromatic N) is 2. The fourth-order valence-corrected chi connectivity index (χ4v) is 2.25. The lowest BCUT2D eigenvalue weighted by molar-refractivity contribution is 0.266. The van der Waals surface area contributed by atoms with E-state index in [2.05, 4.69) is 8.83 Å². The van der Waals surface area contributed by atoms with Crippen LogP contribution >= 0.6 is 15.5 Å². The molecule has 0 aliphatic heterocycles.